The van der Waals surface area contributed by atoms with Gasteiger partial charge in [-0.15, -0.1) is 11.3 Å². The molecule has 1 aromatic carbocycles. The summed E-state index contributed by atoms with van der Waals surface area (Å²) in [6, 6.07) is 9.12. The molecule has 1 N–H and O–H groups in total. The fourth-order valence-electron chi connectivity index (χ4n) is 5.19. The number of nitrogens with zero attached hydrogens (tertiary/aromatic N) is 3. The van der Waals surface area contributed by atoms with Crippen LogP contribution in [0.1, 0.15) is 54.3 Å². The Hall–Kier alpha value is -2.65. The summed E-state index contributed by atoms with van der Waals surface area (Å²) in [5, 5.41) is 11.3. The first-order valence-corrected chi connectivity index (χ1v) is 15.0. The Kier molecular flexibility index (Phi) is 6.73. The molecule has 3 fully saturated rings. The number of alkyl halides is 3. The van der Waals surface area contributed by atoms with E-state index in [1.807, 2.05) is 4.90 Å². The molecule has 0 unspecified atom stereocenters. The predicted octanol–water partition coefficient (Wildman–Crippen LogP) is 4.51. The molecule has 7 nitrogen and oxygen atoms in total. The SMILES string of the molecule is N#CC1(NC(=O)[C@@H]2CCCC[C@H]2c2sc(C(F)(F)F)nc2-c2ccc(N3CCS(=O)(=O)CC3)cc2)CC1. The number of carbonyl (C=O) groups is 1. The number of nitriles is 1. The predicted molar refractivity (Wildman–Crippen MR) is 134 cm³/mol. The lowest BCUT2D eigenvalue weighted by atomic mass is 9.77. The standard InChI is InChI=1S/C25H27F3N4O3S2/c26-25(27,28)23-30-20(16-5-7-17(8-6-16)32-11-13-37(34,35)14-12-32)21(36-23)18-3-1-2-4-19(18)22(33)31-24(15-29)9-10-24/h5-8,18-19H,1-4,9-14H2,(H,31,33)/t18-,19-/m1/s1. The van der Waals surface area contributed by atoms with Crippen molar-refractivity contribution in [1.82, 2.24) is 10.3 Å². The molecular weight excluding hydrogens is 525 g/mol. The second-order valence-electron chi connectivity index (χ2n) is 10.1. The number of sulfone groups is 1. The number of nitrogens with one attached hydrogen (secondary N) is 1. The molecular formula is C25H27F3N4O3S2. The highest BCUT2D eigenvalue weighted by atomic mass is 32.2. The van der Waals surface area contributed by atoms with Crippen molar-refractivity contribution in [1.29, 1.82) is 5.26 Å². The zero-order valence-corrected chi connectivity index (χ0v) is 21.7. The molecule has 2 saturated carbocycles. The van der Waals surface area contributed by atoms with Crippen LogP contribution in [0.15, 0.2) is 24.3 Å². The smallest absolute Gasteiger partial charge is 0.369 e. The summed E-state index contributed by atoms with van der Waals surface area (Å²) in [7, 11) is -3.03. The minimum atomic E-state index is -4.61. The number of hydrogen-bond donors (Lipinski definition) is 1. The number of thiazole rings is 1. The second-order valence-corrected chi connectivity index (χ2v) is 13.4. The van der Waals surface area contributed by atoms with E-state index in [9.17, 15) is 31.6 Å². The maximum atomic E-state index is 13.7. The average Bonchev–Trinajstić information content (AvgIpc) is 3.49. The third-order valence-corrected chi connectivity index (χ3v) is 10.4. The van der Waals surface area contributed by atoms with E-state index in [-0.39, 0.29) is 23.1 Å². The fraction of sp³-hybridized carbons (Fsp3) is 0.560. The lowest BCUT2D eigenvalue weighted by molar-refractivity contribution is -0.137. The van der Waals surface area contributed by atoms with Crippen LogP contribution in [0.5, 0.6) is 0 Å². The van der Waals surface area contributed by atoms with Gasteiger partial charge in [-0.05, 0) is 37.8 Å². The van der Waals surface area contributed by atoms with Crippen molar-refractivity contribution in [2.75, 3.05) is 29.5 Å². The Labute approximate surface area is 217 Å². The fourth-order valence-corrected chi connectivity index (χ4v) is 7.54. The Balaban J connectivity index is 1.45. The van der Waals surface area contributed by atoms with Gasteiger partial charge in [0.05, 0.1) is 23.3 Å². The van der Waals surface area contributed by atoms with Crippen LogP contribution in [0.25, 0.3) is 11.3 Å². The molecule has 5 rings (SSSR count). The van der Waals surface area contributed by atoms with Gasteiger partial charge < -0.3 is 10.2 Å². The maximum Gasteiger partial charge on any atom is 0.443 e. The number of aromatic nitrogens is 1. The zero-order valence-electron chi connectivity index (χ0n) is 20.1. The van der Waals surface area contributed by atoms with E-state index in [1.54, 1.807) is 24.3 Å². The highest BCUT2D eigenvalue weighted by molar-refractivity contribution is 7.91. The Morgan fingerprint density at radius 1 is 1.14 bits per heavy atom. The molecule has 2 aliphatic carbocycles. The average molecular weight is 553 g/mol. The van der Waals surface area contributed by atoms with Gasteiger partial charge in [0, 0.05) is 41.1 Å². The maximum absolute atomic E-state index is 13.7. The van der Waals surface area contributed by atoms with Crippen molar-refractivity contribution in [3.63, 3.8) is 0 Å². The van der Waals surface area contributed by atoms with Gasteiger partial charge in [0.2, 0.25) is 5.91 Å². The van der Waals surface area contributed by atoms with Crippen LogP contribution in [0.3, 0.4) is 0 Å². The highest BCUT2D eigenvalue weighted by Crippen LogP contribution is 2.48. The molecule has 1 aromatic heterocycles. The summed E-state index contributed by atoms with van der Waals surface area (Å²) >= 11 is 0.602. The molecule has 12 heteroatoms. The third-order valence-electron chi connectivity index (χ3n) is 7.51. The lowest BCUT2D eigenvalue weighted by Gasteiger charge is -2.31. The van der Waals surface area contributed by atoms with Gasteiger partial charge in [-0.1, -0.05) is 25.0 Å². The van der Waals surface area contributed by atoms with E-state index in [0.29, 0.717) is 60.6 Å². The Bertz CT molecular complexity index is 1310. The van der Waals surface area contributed by atoms with Gasteiger partial charge in [-0.3, -0.25) is 4.79 Å². The summed E-state index contributed by atoms with van der Waals surface area (Å²) < 4.78 is 64.7. The summed E-state index contributed by atoms with van der Waals surface area (Å²) in [5.41, 5.74) is 0.718. The van der Waals surface area contributed by atoms with Crippen molar-refractivity contribution < 1.29 is 26.4 Å². The van der Waals surface area contributed by atoms with E-state index >= 15 is 0 Å². The molecule has 1 saturated heterocycles. The largest absolute Gasteiger partial charge is 0.443 e. The summed E-state index contributed by atoms with van der Waals surface area (Å²) in [4.78, 5) is 19.6. The van der Waals surface area contributed by atoms with Crippen LogP contribution in [-0.4, -0.2) is 49.4 Å². The topological polar surface area (TPSA) is 103 Å². The summed E-state index contributed by atoms with van der Waals surface area (Å²) in [5.74, 6) is -1.07. The molecule has 37 heavy (non-hydrogen) atoms. The van der Waals surface area contributed by atoms with E-state index in [0.717, 1.165) is 18.5 Å². The number of hydrogen-bond acceptors (Lipinski definition) is 7. The van der Waals surface area contributed by atoms with Gasteiger partial charge in [-0.25, -0.2) is 13.4 Å². The zero-order chi connectivity index (χ0) is 26.4. The first kappa shape index (κ1) is 26.0. The number of benzene rings is 1. The lowest BCUT2D eigenvalue weighted by Crippen LogP contribution is -2.42. The summed E-state index contributed by atoms with van der Waals surface area (Å²) in [6.45, 7) is 0.732. The van der Waals surface area contributed by atoms with Crippen LogP contribution < -0.4 is 10.2 Å². The second kappa shape index (κ2) is 9.58. The number of halogens is 3. The number of carbonyl (C=O) groups excluding carboxylic acids is 1. The molecule has 1 aliphatic heterocycles. The van der Waals surface area contributed by atoms with Crippen LogP contribution in [0.2, 0.25) is 0 Å². The van der Waals surface area contributed by atoms with Gasteiger partial charge >= 0.3 is 6.18 Å². The van der Waals surface area contributed by atoms with Crippen molar-refractivity contribution >= 4 is 32.8 Å². The minimum Gasteiger partial charge on any atom is -0.369 e. The molecule has 198 valence electrons. The number of anilines is 1. The minimum absolute atomic E-state index is 0.0676. The molecule has 0 spiro atoms. The van der Waals surface area contributed by atoms with Crippen LogP contribution >= 0.6 is 11.3 Å². The van der Waals surface area contributed by atoms with Gasteiger partial charge in [-0.2, -0.15) is 18.4 Å². The van der Waals surface area contributed by atoms with E-state index < -0.39 is 38.4 Å². The van der Waals surface area contributed by atoms with Gasteiger partial charge in [0.25, 0.3) is 0 Å². The monoisotopic (exact) mass is 552 g/mol. The number of amides is 1. The molecule has 1 amide bonds. The van der Waals surface area contributed by atoms with Crippen molar-refractivity contribution in [3.05, 3.63) is 34.2 Å². The Morgan fingerprint density at radius 3 is 2.38 bits per heavy atom. The van der Waals surface area contributed by atoms with Gasteiger partial charge in [0.15, 0.2) is 14.8 Å². The highest BCUT2D eigenvalue weighted by Gasteiger charge is 2.47. The molecule has 0 radical (unpaired) electrons. The molecule has 0 bridgehead atoms. The number of rotatable bonds is 5. The molecule has 2 aromatic rings. The van der Waals surface area contributed by atoms with Crippen LogP contribution in [0.4, 0.5) is 18.9 Å². The van der Waals surface area contributed by atoms with E-state index in [2.05, 4.69) is 16.4 Å². The van der Waals surface area contributed by atoms with E-state index in [4.69, 9.17) is 0 Å². The van der Waals surface area contributed by atoms with Crippen molar-refractivity contribution in [2.45, 2.75) is 56.2 Å². The first-order chi connectivity index (χ1) is 17.5. The van der Waals surface area contributed by atoms with Crippen molar-refractivity contribution in [3.8, 4) is 17.3 Å². The normalized spacial score (nSPS) is 24.8. The van der Waals surface area contributed by atoms with Gasteiger partial charge in [0.1, 0.15) is 5.54 Å². The molecule has 3 aliphatic rings. The third kappa shape index (κ3) is 5.48. The van der Waals surface area contributed by atoms with Crippen LogP contribution in [0, 0.1) is 17.2 Å². The molecule has 2 heterocycles. The van der Waals surface area contributed by atoms with Crippen LogP contribution in [-0.2, 0) is 20.8 Å². The van der Waals surface area contributed by atoms with Crippen molar-refractivity contribution in [2.24, 2.45) is 5.92 Å². The Morgan fingerprint density at radius 2 is 1.78 bits per heavy atom. The molecule has 2 atom stereocenters. The van der Waals surface area contributed by atoms with E-state index in [1.165, 1.54) is 0 Å². The first-order valence-electron chi connectivity index (χ1n) is 12.4. The summed E-state index contributed by atoms with van der Waals surface area (Å²) in [6.07, 6.45) is -0.708. The quantitative estimate of drug-likeness (QED) is 0.586.